The Kier molecular flexibility index (Phi) is 5.37. The summed E-state index contributed by atoms with van der Waals surface area (Å²) in [5.74, 6) is 0.107. The van der Waals surface area contributed by atoms with Gasteiger partial charge in [-0.2, -0.15) is 0 Å². The molecule has 2 aromatic carbocycles. The lowest BCUT2D eigenvalue weighted by Crippen LogP contribution is -2.27. The van der Waals surface area contributed by atoms with Crippen molar-refractivity contribution in [1.82, 2.24) is 0 Å². The van der Waals surface area contributed by atoms with E-state index in [9.17, 15) is 13.2 Å². The van der Waals surface area contributed by atoms with Gasteiger partial charge in [0, 0.05) is 7.05 Å². The molecule has 134 valence electrons. The predicted octanol–water partition coefficient (Wildman–Crippen LogP) is 2.92. The maximum absolute atomic E-state index is 13.0. The van der Waals surface area contributed by atoms with Crippen LogP contribution in [-0.4, -0.2) is 35.7 Å². The van der Waals surface area contributed by atoms with Gasteiger partial charge >= 0.3 is 5.97 Å². The van der Waals surface area contributed by atoms with Crippen molar-refractivity contribution in [3.63, 3.8) is 0 Å². The fraction of sp³-hybridized carbons (Fsp3) is 0.278. The fourth-order valence-corrected chi connectivity index (χ4v) is 3.93. The maximum Gasteiger partial charge on any atom is 0.338 e. The molecule has 0 saturated carbocycles. The molecule has 2 aromatic rings. The van der Waals surface area contributed by atoms with Crippen LogP contribution in [0.4, 0.5) is 5.69 Å². The minimum Gasteiger partial charge on any atom is -0.496 e. The van der Waals surface area contributed by atoms with Crippen molar-refractivity contribution in [3.05, 3.63) is 53.1 Å². The Morgan fingerprint density at radius 2 is 1.76 bits per heavy atom. The number of anilines is 1. The standard InChI is InChI=1S/C18H21NO5S/c1-12-11-14(9-10-17(12)23-4)25(21,22)19(3)16-8-6-7-15(13(16)2)18(20)24-5/h6-11H,1-5H3. The molecule has 0 fully saturated rings. The lowest BCUT2D eigenvalue weighted by atomic mass is 10.1. The molecule has 0 spiro atoms. The van der Waals surface area contributed by atoms with Crippen LogP contribution in [0, 0.1) is 13.8 Å². The lowest BCUT2D eigenvalue weighted by molar-refractivity contribution is 0.0600. The number of benzene rings is 2. The van der Waals surface area contributed by atoms with Crippen LogP contribution < -0.4 is 9.04 Å². The second-order valence-electron chi connectivity index (χ2n) is 5.55. The Balaban J connectivity index is 2.51. The van der Waals surface area contributed by atoms with Gasteiger partial charge < -0.3 is 9.47 Å². The smallest absolute Gasteiger partial charge is 0.338 e. The molecule has 6 nitrogen and oxygen atoms in total. The molecule has 0 aromatic heterocycles. The molecule has 7 heteroatoms. The summed E-state index contributed by atoms with van der Waals surface area (Å²) >= 11 is 0. The molecule has 0 saturated heterocycles. The Morgan fingerprint density at radius 3 is 2.32 bits per heavy atom. The van der Waals surface area contributed by atoms with Crippen LogP contribution in [-0.2, 0) is 14.8 Å². The monoisotopic (exact) mass is 363 g/mol. The molecule has 2 rings (SSSR count). The first-order chi connectivity index (χ1) is 11.7. The molecule has 0 aliphatic carbocycles. The van der Waals surface area contributed by atoms with Crippen LogP contribution in [0.2, 0.25) is 0 Å². The number of carbonyl (C=O) groups is 1. The van der Waals surface area contributed by atoms with E-state index in [2.05, 4.69) is 0 Å². The van der Waals surface area contributed by atoms with Crippen molar-refractivity contribution < 1.29 is 22.7 Å². The van der Waals surface area contributed by atoms with Gasteiger partial charge in [-0.25, -0.2) is 13.2 Å². The van der Waals surface area contributed by atoms with E-state index >= 15 is 0 Å². The zero-order valence-electron chi connectivity index (χ0n) is 14.9. The summed E-state index contributed by atoms with van der Waals surface area (Å²) in [6.07, 6.45) is 0. The highest BCUT2D eigenvalue weighted by Crippen LogP contribution is 2.29. The molecular weight excluding hydrogens is 342 g/mol. The van der Waals surface area contributed by atoms with Gasteiger partial charge in [0.25, 0.3) is 10.0 Å². The number of ether oxygens (including phenoxy) is 2. The van der Waals surface area contributed by atoms with E-state index in [0.29, 0.717) is 22.6 Å². The van der Waals surface area contributed by atoms with Crippen molar-refractivity contribution in [2.24, 2.45) is 0 Å². The van der Waals surface area contributed by atoms with Gasteiger partial charge in [-0.15, -0.1) is 0 Å². The van der Waals surface area contributed by atoms with E-state index in [4.69, 9.17) is 9.47 Å². The van der Waals surface area contributed by atoms with Crippen molar-refractivity contribution in [2.75, 3.05) is 25.6 Å². The third-order valence-electron chi connectivity index (χ3n) is 4.07. The van der Waals surface area contributed by atoms with Crippen LogP contribution in [0.5, 0.6) is 5.75 Å². The van der Waals surface area contributed by atoms with E-state index in [0.717, 1.165) is 9.87 Å². The van der Waals surface area contributed by atoms with E-state index < -0.39 is 16.0 Å². The van der Waals surface area contributed by atoms with E-state index in [1.807, 2.05) is 0 Å². The van der Waals surface area contributed by atoms with Gasteiger partial charge in [-0.05, 0) is 55.3 Å². The highest BCUT2D eigenvalue weighted by Gasteiger charge is 2.25. The topological polar surface area (TPSA) is 72.9 Å². The molecule has 0 N–H and O–H groups in total. The SMILES string of the molecule is COC(=O)c1cccc(N(C)S(=O)(=O)c2ccc(OC)c(C)c2)c1C. The quantitative estimate of drug-likeness (QED) is 0.764. The van der Waals surface area contributed by atoms with Crippen molar-refractivity contribution >= 4 is 21.7 Å². The summed E-state index contributed by atoms with van der Waals surface area (Å²) in [5.41, 5.74) is 1.99. The third-order valence-corrected chi connectivity index (χ3v) is 5.84. The summed E-state index contributed by atoms with van der Waals surface area (Å²) in [5, 5.41) is 0. The number of aryl methyl sites for hydroxylation is 1. The maximum atomic E-state index is 13.0. The Labute approximate surface area is 148 Å². The number of sulfonamides is 1. The number of methoxy groups -OCH3 is 2. The largest absolute Gasteiger partial charge is 0.496 e. The highest BCUT2D eigenvalue weighted by atomic mass is 32.2. The average Bonchev–Trinajstić information content (AvgIpc) is 2.60. The second kappa shape index (κ2) is 7.14. The third kappa shape index (κ3) is 3.46. The van der Waals surface area contributed by atoms with Crippen LogP contribution in [0.25, 0.3) is 0 Å². The van der Waals surface area contributed by atoms with Gasteiger partial charge in [0.15, 0.2) is 0 Å². The van der Waals surface area contributed by atoms with Crippen LogP contribution >= 0.6 is 0 Å². The molecule has 25 heavy (non-hydrogen) atoms. The number of rotatable bonds is 5. The van der Waals surface area contributed by atoms with Gasteiger partial charge in [0.05, 0.1) is 30.4 Å². The molecule has 0 heterocycles. The minimum absolute atomic E-state index is 0.149. The first-order valence-electron chi connectivity index (χ1n) is 7.55. The van der Waals surface area contributed by atoms with E-state index in [1.54, 1.807) is 44.2 Å². The lowest BCUT2D eigenvalue weighted by Gasteiger charge is -2.23. The molecule has 0 aliphatic heterocycles. The molecule has 0 atom stereocenters. The molecular formula is C18H21NO5S. The van der Waals surface area contributed by atoms with Gasteiger partial charge in [0.2, 0.25) is 0 Å². The number of esters is 1. The summed E-state index contributed by atoms with van der Waals surface area (Å²) in [6, 6.07) is 9.55. The van der Waals surface area contributed by atoms with Crippen LogP contribution in [0.1, 0.15) is 21.5 Å². The number of carbonyl (C=O) groups excluding carboxylic acids is 1. The predicted molar refractivity (Wildman–Crippen MR) is 95.8 cm³/mol. The zero-order chi connectivity index (χ0) is 18.8. The van der Waals surface area contributed by atoms with Crippen molar-refractivity contribution in [3.8, 4) is 5.75 Å². The normalized spacial score (nSPS) is 11.1. The Bertz CT molecular complexity index is 906. The summed E-state index contributed by atoms with van der Waals surface area (Å²) in [4.78, 5) is 12.0. The first kappa shape index (κ1) is 18.8. The van der Waals surface area contributed by atoms with Crippen molar-refractivity contribution in [2.45, 2.75) is 18.7 Å². The van der Waals surface area contributed by atoms with E-state index in [-0.39, 0.29) is 4.90 Å². The van der Waals surface area contributed by atoms with Gasteiger partial charge in [0.1, 0.15) is 5.75 Å². The number of nitrogens with zero attached hydrogens (tertiary/aromatic N) is 1. The summed E-state index contributed by atoms with van der Waals surface area (Å²) in [7, 11) is 0.490. The van der Waals surface area contributed by atoms with Crippen LogP contribution in [0.3, 0.4) is 0 Å². The summed E-state index contributed by atoms with van der Waals surface area (Å²) < 4.78 is 37.0. The van der Waals surface area contributed by atoms with Gasteiger partial charge in [-0.3, -0.25) is 4.31 Å². The molecule has 0 unspecified atom stereocenters. The molecule has 0 amide bonds. The zero-order valence-corrected chi connectivity index (χ0v) is 15.7. The Hall–Kier alpha value is -2.54. The molecule has 0 radical (unpaired) electrons. The highest BCUT2D eigenvalue weighted by molar-refractivity contribution is 7.92. The number of hydrogen-bond acceptors (Lipinski definition) is 5. The van der Waals surface area contributed by atoms with E-state index in [1.165, 1.54) is 27.3 Å². The summed E-state index contributed by atoms with van der Waals surface area (Å²) in [6.45, 7) is 3.47. The van der Waals surface area contributed by atoms with Crippen LogP contribution in [0.15, 0.2) is 41.3 Å². The molecule has 0 aliphatic rings. The average molecular weight is 363 g/mol. The second-order valence-corrected chi connectivity index (χ2v) is 7.51. The van der Waals surface area contributed by atoms with Gasteiger partial charge in [-0.1, -0.05) is 6.07 Å². The Morgan fingerprint density at radius 1 is 1.08 bits per heavy atom. The molecule has 0 bridgehead atoms. The fourth-order valence-electron chi connectivity index (χ4n) is 2.59. The first-order valence-corrected chi connectivity index (χ1v) is 8.99. The van der Waals surface area contributed by atoms with Crippen molar-refractivity contribution in [1.29, 1.82) is 0 Å². The number of hydrogen-bond donors (Lipinski definition) is 0. The minimum atomic E-state index is -3.79.